The number of esters is 1. The van der Waals surface area contributed by atoms with Crippen LogP contribution in [0, 0.1) is 0 Å². The van der Waals surface area contributed by atoms with Gasteiger partial charge in [-0.2, -0.15) is 0 Å². The van der Waals surface area contributed by atoms with Crippen LogP contribution in [0.25, 0.3) is 0 Å². The first kappa shape index (κ1) is 16.0. The van der Waals surface area contributed by atoms with E-state index in [1.54, 1.807) is 31.2 Å². The van der Waals surface area contributed by atoms with Gasteiger partial charge in [-0.05, 0) is 25.5 Å². The van der Waals surface area contributed by atoms with Gasteiger partial charge in [0, 0.05) is 0 Å². The molecule has 0 bridgehead atoms. The molecule has 0 spiro atoms. The van der Waals surface area contributed by atoms with Crippen molar-refractivity contribution >= 4 is 17.6 Å². The minimum atomic E-state index is -1.35. The fourth-order valence-corrected chi connectivity index (χ4v) is 1.46. The molecule has 0 aliphatic rings. The zero-order valence-electron chi connectivity index (χ0n) is 11.7. The number of amides is 1. The summed E-state index contributed by atoms with van der Waals surface area (Å²) in [5, 5.41) is 2.57. The molecule has 6 heteroatoms. The van der Waals surface area contributed by atoms with E-state index in [1.807, 2.05) is 6.92 Å². The Labute approximate surface area is 118 Å². The Kier molecular flexibility index (Phi) is 6.52. The Morgan fingerprint density at radius 2 is 2.00 bits per heavy atom. The molecule has 3 N–H and O–H groups in total. The maximum absolute atomic E-state index is 11.9. The maximum Gasteiger partial charge on any atom is 0.332 e. The standard InChI is InChI=1S/C14H20N2O4/c1-3-9-20-11-8-6-5-7-10(11)16-13(17)12(15)14(18)19-4-2/h5-8,12H,3-4,9,15H2,1-2H3,(H,16,17). The average Bonchev–Trinajstić information content (AvgIpc) is 2.45. The summed E-state index contributed by atoms with van der Waals surface area (Å²) in [6, 6.07) is 5.62. The maximum atomic E-state index is 11.9. The summed E-state index contributed by atoms with van der Waals surface area (Å²) in [6.07, 6.45) is 0.852. The van der Waals surface area contributed by atoms with Gasteiger partial charge < -0.3 is 20.5 Å². The van der Waals surface area contributed by atoms with Crippen molar-refractivity contribution in [1.82, 2.24) is 0 Å². The highest BCUT2D eigenvalue weighted by molar-refractivity contribution is 6.08. The summed E-state index contributed by atoms with van der Waals surface area (Å²) in [4.78, 5) is 23.3. The van der Waals surface area contributed by atoms with Crippen LogP contribution in [0.3, 0.4) is 0 Å². The number of ether oxygens (including phenoxy) is 2. The third kappa shape index (κ3) is 4.55. The van der Waals surface area contributed by atoms with Gasteiger partial charge in [0.05, 0.1) is 18.9 Å². The molecule has 1 unspecified atom stereocenters. The van der Waals surface area contributed by atoms with Gasteiger partial charge in [0.15, 0.2) is 6.04 Å². The quantitative estimate of drug-likeness (QED) is 0.580. The SMILES string of the molecule is CCCOc1ccccc1NC(=O)C(N)C(=O)OCC. The largest absolute Gasteiger partial charge is 0.491 e. The van der Waals surface area contributed by atoms with Crippen LogP contribution in [0.2, 0.25) is 0 Å². The molecule has 0 aliphatic carbocycles. The van der Waals surface area contributed by atoms with Gasteiger partial charge in [-0.3, -0.25) is 4.79 Å². The summed E-state index contributed by atoms with van der Waals surface area (Å²) < 4.78 is 10.2. The molecule has 110 valence electrons. The van der Waals surface area contributed by atoms with Gasteiger partial charge >= 0.3 is 5.97 Å². The summed E-state index contributed by atoms with van der Waals surface area (Å²) >= 11 is 0. The Bertz CT molecular complexity index is 462. The second-order valence-electron chi connectivity index (χ2n) is 4.06. The van der Waals surface area contributed by atoms with Crippen LogP contribution < -0.4 is 15.8 Å². The fourth-order valence-electron chi connectivity index (χ4n) is 1.46. The second-order valence-corrected chi connectivity index (χ2v) is 4.06. The summed E-state index contributed by atoms with van der Waals surface area (Å²) in [5.74, 6) is -0.841. The fraction of sp³-hybridized carbons (Fsp3) is 0.429. The molecule has 0 radical (unpaired) electrons. The lowest BCUT2D eigenvalue weighted by Gasteiger charge is -2.14. The number of benzene rings is 1. The van der Waals surface area contributed by atoms with E-state index in [-0.39, 0.29) is 6.61 Å². The van der Waals surface area contributed by atoms with Crippen molar-refractivity contribution in [3.63, 3.8) is 0 Å². The van der Waals surface area contributed by atoms with Crippen molar-refractivity contribution in [3.8, 4) is 5.75 Å². The zero-order chi connectivity index (χ0) is 15.0. The van der Waals surface area contributed by atoms with Crippen LogP contribution in [0.1, 0.15) is 20.3 Å². The summed E-state index contributed by atoms with van der Waals surface area (Å²) in [7, 11) is 0. The molecule has 0 saturated carbocycles. The minimum absolute atomic E-state index is 0.177. The van der Waals surface area contributed by atoms with E-state index in [1.165, 1.54) is 0 Å². The van der Waals surface area contributed by atoms with Gasteiger partial charge in [0.2, 0.25) is 0 Å². The second kappa shape index (κ2) is 8.16. The number of carbonyl (C=O) groups excluding carboxylic acids is 2. The predicted octanol–water partition coefficient (Wildman–Crippen LogP) is 1.30. The highest BCUT2D eigenvalue weighted by Gasteiger charge is 2.24. The van der Waals surface area contributed by atoms with Crippen LogP contribution in [-0.2, 0) is 14.3 Å². The van der Waals surface area contributed by atoms with Crippen molar-refractivity contribution < 1.29 is 19.1 Å². The van der Waals surface area contributed by atoms with Gasteiger partial charge in [-0.1, -0.05) is 19.1 Å². The van der Waals surface area contributed by atoms with E-state index in [4.69, 9.17) is 15.2 Å². The molecular formula is C14H20N2O4. The van der Waals surface area contributed by atoms with Gasteiger partial charge in [0.25, 0.3) is 5.91 Å². The molecule has 20 heavy (non-hydrogen) atoms. The van der Waals surface area contributed by atoms with Crippen LogP contribution in [0.5, 0.6) is 5.75 Å². The van der Waals surface area contributed by atoms with Crippen LogP contribution in [0.4, 0.5) is 5.69 Å². The van der Waals surface area contributed by atoms with E-state index in [0.717, 1.165) is 6.42 Å². The third-order valence-electron chi connectivity index (χ3n) is 2.43. The van der Waals surface area contributed by atoms with Crippen molar-refractivity contribution in [3.05, 3.63) is 24.3 Å². The third-order valence-corrected chi connectivity index (χ3v) is 2.43. The van der Waals surface area contributed by atoms with E-state index in [9.17, 15) is 9.59 Å². The summed E-state index contributed by atoms with van der Waals surface area (Å²) in [6.45, 7) is 4.35. The number of anilines is 1. The molecule has 6 nitrogen and oxygen atoms in total. The molecule has 0 heterocycles. The summed E-state index contributed by atoms with van der Waals surface area (Å²) in [5.41, 5.74) is 5.99. The van der Waals surface area contributed by atoms with E-state index >= 15 is 0 Å². The first-order valence-electron chi connectivity index (χ1n) is 6.55. The monoisotopic (exact) mass is 280 g/mol. The van der Waals surface area contributed by atoms with E-state index in [0.29, 0.717) is 18.0 Å². The van der Waals surface area contributed by atoms with Crippen molar-refractivity contribution in [2.24, 2.45) is 5.73 Å². The number of hydrogen-bond acceptors (Lipinski definition) is 5. The lowest BCUT2D eigenvalue weighted by molar-refractivity contribution is -0.146. The Morgan fingerprint density at radius 1 is 1.30 bits per heavy atom. The molecule has 1 amide bonds. The van der Waals surface area contributed by atoms with Crippen molar-refractivity contribution in [2.75, 3.05) is 18.5 Å². The highest BCUT2D eigenvalue weighted by Crippen LogP contribution is 2.23. The van der Waals surface area contributed by atoms with Crippen LogP contribution in [-0.4, -0.2) is 31.1 Å². The molecule has 0 fully saturated rings. The molecule has 1 aromatic carbocycles. The first-order valence-corrected chi connectivity index (χ1v) is 6.55. The highest BCUT2D eigenvalue weighted by atomic mass is 16.5. The Hall–Kier alpha value is -2.08. The predicted molar refractivity (Wildman–Crippen MR) is 75.5 cm³/mol. The first-order chi connectivity index (χ1) is 9.60. The normalized spacial score (nSPS) is 11.6. The lowest BCUT2D eigenvalue weighted by atomic mass is 10.2. The average molecular weight is 280 g/mol. The molecular weight excluding hydrogens is 260 g/mol. The Balaban J connectivity index is 2.72. The van der Waals surface area contributed by atoms with Crippen molar-refractivity contribution in [2.45, 2.75) is 26.3 Å². The molecule has 0 saturated heterocycles. The van der Waals surface area contributed by atoms with Gasteiger partial charge in [0.1, 0.15) is 5.75 Å². The Morgan fingerprint density at radius 3 is 2.65 bits per heavy atom. The van der Waals surface area contributed by atoms with Crippen LogP contribution in [0.15, 0.2) is 24.3 Å². The molecule has 1 rings (SSSR count). The zero-order valence-corrected chi connectivity index (χ0v) is 11.7. The van der Waals surface area contributed by atoms with Gasteiger partial charge in [-0.25, -0.2) is 4.79 Å². The number of carbonyl (C=O) groups is 2. The number of nitrogens with one attached hydrogen (secondary N) is 1. The van der Waals surface area contributed by atoms with E-state index in [2.05, 4.69) is 5.32 Å². The lowest BCUT2D eigenvalue weighted by Crippen LogP contribution is -2.43. The van der Waals surface area contributed by atoms with E-state index < -0.39 is 17.9 Å². The minimum Gasteiger partial charge on any atom is -0.491 e. The molecule has 1 atom stereocenters. The molecule has 0 aromatic heterocycles. The number of rotatable bonds is 7. The van der Waals surface area contributed by atoms with Crippen LogP contribution >= 0.6 is 0 Å². The topological polar surface area (TPSA) is 90.6 Å². The molecule has 0 aliphatic heterocycles. The van der Waals surface area contributed by atoms with Gasteiger partial charge in [-0.15, -0.1) is 0 Å². The number of hydrogen-bond donors (Lipinski definition) is 2. The van der Waals surface area contributed by atoms with Crippen molar-refractivity contribution in [1.29, 1.82) is 0 Å². The molecule has 1 aromatic rings. The number of nitrogens with two attached hydrogens (primary N) is 1. The number of para-hydroxylation sites is 2. The smallest absolute Gasteiger partial charge is 0.332 e.